The number of rotatable bonds is 0. The molecular weight excluding hydrogens is 120 g/mol. The molecule has 50 valence electrons. The van der Waals surface area contributed by atoms with E-state index in [-0.39, 0.29) is 12.6 Å². The summed E-state index contributed by atoms with van der Waals surface area (Å²) in [7, 11) is 0. The van der Waals surface area contributed by atoms with Crippen LogP contribution < -0.4 is 0 Å². The molecule has 3 nitrogen and oxygen atoms in total. The number of cyclic esters (lactones) is 1. The van der Waals surface area contributed by atoms with Crippen LogP contribution in [0.15, 0.2) is 11.6 Å². The Morgan fingerprint density at radius 3 is 3.00 bits per heavy atom. The monoisotopic (exact) mass is 128 g/mol. The number of carbonyl (C=O) groups excluding carboxylic acids is 1. The third kappa shape index (κ3) is 1.29. The zero-order valence-corrected chi connectivity index (χ0v) is 5.13. The van der Waals surface area contributed by atoms with Gasteiger partial charge in [0.2, 0.25) is 0 Å². The standard InChI is InChI=1S/C6H8O3/c1-4-2-6(8)9-3-5(4)7/h2,5,7H,3H2,1H3/t5-/m1/s1. The Hall–Kier alpha value is -0.830. The average Bonchev–Trinajstić information content (AvgIpc) is 1.80. The normalized spacial score (nSPS) is 27.1. The van der Waals surface area contributed by atoms with Gasteiger partial charge in [-0.2, -0.15) is 0 Å². The first kappa shape index (κ1) is 6.29. The van der Waals surface area contributed by atoms with E-state index in [1.807, 2.05) is 0 Å². The molecule has 1 aliphatic heterocycles. The molecule has 1 atom stereocenters. The highest BCUT2D eigenvalue weighted by molar-refractivity contribution is 5.83. The van der Waals surface area contributed by atoms with Crippen LogP contribution in [-0.2, 0) is 9.53 Å². The van der Waals surface area contributed by atoms with Crippen molar-refractivity contribution < 1.29 is 14.6 Å². The Balaban J connectivity index is 2.72. The van der Waals surface area contributed by atoms with Crippen molar-refractivity contribution in [3.8, 4) is 0 Å². The Morgan fingerprint density at radius 1 is 1.89 bits per heavy atom. The van der Waals surface area contributed by atoms with Crippen molar-refractivity contribution in [3.05, 3.63) is 11.6 Å². The minimum absolute atomic E-state index is 0.0984. The molecule has 0 aromatic heterocycles. The summed E-state index contributed by atoms with van der Waals surface area (Å²) in [4.78, 5) is 10.4. The first-order chi connectivity index (χ1) is 4.20. The maximum Gasteiger partial charge on any atom is 0.330 e. The van der Waals surface area contributed by atoms with Crippen LogP contribution in [0.4, 0.5) is 0 Å². The van der Waals surface area contributed by atoms with Gasteiger partial charge in [-0.15, -0.1) is 0 Å². The molecular formula is C6H8O3. The van der Waals surface area contributed by atoms with E-state index in [1.165, 1.54) is 6.08 Å². The number of esters is 1. The lowest BCUT2D eigenvalue weighted by Crippen LogP contribution is -2.24. The van der Waals surface area contributed by atoms with Gasteiger partial charge < -0.3 is 9.84 Å². The second-order valence-corrected chi connectivity index (χ2v) is 2.03. The summed E-state index contributed by atoms with van der Waals surface area (Å²) in [6.45, 7) is 1.80. The molecule has 0 saturated heterocycles. The van der Waals surface area contributed by atoms with E-state index in [0.717, 1.165) is 0 Å². The van der Waals surface area contributed by atoms with Gasteiger partial charge in [-0.1, -0.05) is 0 Å². The third-order valence-corrected chi connectivity index (χ3v) is 1.25. The predicted octanol–water partition coefficient (Wildman–Crippen LogP) is -0.150. The maximum atomic E-state index is 10.4. The summed E-state index contributed by atoms with van der Waals surface area (Å²) in [6, 6.07) is 0. The largest absolute Gasteiger partial charge is 0.459 e. The van der Waals surface area contributed by atoms with Crippen LogP contribution in [0.5, 0.6) is 0 Å². The molecule has 3 heteroatoms. The van der Waals surface area contributed by atoms with Crippen LogP contribution >= 0.6 is 0 Å². The Morgan fingerprint density at radius 2 is 2.56 bits per heavy atom. The first-order valence-corrected chi connectivity index (χ1v) is 2.73. The van der Waals surface area contributed by atoms with Gasteiger partial charge in [-0.05, 0) is 12.5 Å². The molecule has 0 unspecified atom stereocenters. The SMILES string of the molecule is CC1=CC(=O)OC[C@H]1O. The molecule has 0 saturated carbocycles. The molecule has 0 radical (unpaired) electrons. The van der Waals surface area contributed by atoms with Crippen molar-refractivity contribution in [2.75, 3.05) is 6.61 Å². The lowest BCUT2D eigenvalue weighted by atomic mass is 10.1. The quantitative estimate of drug-likeness (QED) is 0.461. The number of carbonyl (C=O) groups is 1. The van der Waals surface area contributed by atoms with Crippen LogP contribution in [-0.4, -0.2) is 23.8 Å². The molecule has 0 aromatic carbocycles. The van der Waals surface area contributed by atoms with Gasteiger partial charge >= 0.3 is 5.97 Å². The molecule has 0 fully saturated rings. The molecule has 0 aromatic rings. The van der Waals surface area contributed by atoms with Crippen LogP contribution in [0.25, 0.3) is 0 Å². The van der Waals surface area contributed by atoms with E-state index in [2.05, 4.69) is 4.74 Å². The third-order valence-electron chi connectivity index (χ3n) is 1.25. The predicted molar refractivity (Wildman–Crippen MR) is 30.7 cm³/mol. The fraction of sp³-hybridized carbons (Fsp3) is 0.500. The Labute approximate surface area is 52.9 Å². The van der Waals surface area contributed by atoms with Crippen molar-refractivity contribution in [2.24, 2.45) is 0 Å². The fourth-order valence-corrected chi connectivity index (χ4v) is 0.616. The van der Waals surface area contributed by atoms with E-state index in [1.54, 1.807) is 6.92 Å². The first-order valence-electron chi connectivity index (χ1n) is 2.73. The smallest absolute Gasteiger partial charge is 0.330 e. The van der Waals surface area contributed by atoms with Crippen LogP contribution in [0.1, 0.15) is 6.92 Å². The minimum atomic E-state index is -0.595. The highest BCUT2D eigenvalue weighted by atomic mass is 16.5. The number of aliphatic hydroxyl groups is 1. The van der Waals surface area contributed by atoms with Gasteiger partial charge in [-0.3, -0.25) is 0 Å². The van der Waals surface area contributed by atoms with Crippen LogP contribution in [0, 0.1) is 0 Å². The van der Waals surface area contributed by atoms with E-state index in [4.69, 9.17) is 5.11 Å². The summed E-state index contributed by atoms with van der Waals surface area (Å²) in [5, 5.41) is 8.95. The lowest BCUT2D eigenvalue weighted by molar-refractivity contribution is -0.141. The number of hydrogen-bond acceptors (Lipinski definition) is 3. The van der Waals surface area contributed by atoms with Crippen molar-refractivity contribution in [2.45, 2.75) is 13.0 Å². The van der Waals surface area contributed by atoms with Crippen LogP contribution in [0.3, 0.4) is 0 Å². The second-order valence-electron chi connectivity index (χ2n) is 2.03. The average molecular weight is 128 g/mol. The number of aliphatic hydroxyl groups excluding tert-OH is 1. The number of ether oxygens (including phenoxy) is 1. The van der Waals surface area contributed by atoms with Crippen LogP contribution in [0.2, 0.25) is 0 Å². The highest BCUT2D eigenvalue weighted by Gasteiger charge is 2.15. The van der Waals surface area contributed by atoms with Gasteiger partial charge in [0, 0.05) is 6.08 Å². The van der Waals surface area contributed by atoms with Gasteiger partial charge in [0.25, 0.3) is 0 Å². The molecule has 1 rings (SSSR count). The summed E-state index contributed by atoms with van der Waals surface area (Å²) < 4.78 is 4.50. The zero-order chi connectivity index (χ0) is 6.85. The fourth-order valence-electron chi connectivity index (χ4n) is 0.616. The van der Waals surface area contributed by atoms with Gasteiger partial charge in [0.15, 0.2) is 0 Å². The summed E-state index contributed by atoms with van der Waals surface area (Å²) >= 11 is 0. The summed E-state index contributed by atoms with van der Waals surface area (Å²) in [5.41, 5.74) is 0.672. The summed E-state index contributed by atoms with van der Waals surface area (Å²) in [5.74, 6) is -0.363. The van der Waals surface area contributed by atoms with Gasteiger partial charge in [0.1, 0.15) is 12.7 Å². The van der Waals surface area contributed by atoms with Crippen molar-refractivity contribution in [3.63, 3.8) is 0 Å². The van der Waals surface area contributed by atoms with Crippen molar-refractivity contribution >= 4 is 5.97 Å². The van der Waals surface area contributed by atoms with Gasteiger partial charge in [-0.25, -0.2) is 4.79 Å². The van der Waals surface area contributed by atoms with E-state index >= 15 is 0 Å². The zero-order valence-electron chi connectivity index (χ0n) is 5.13. The minimum Gasteiger partial charge on any atom is -0.459 e. The van der Waals surface area contributed by atoms with Crippen molar-refractivity contribution in [1.82, 2.24) is 0 Å². The Kier molecular flexibility index (Phi) is 1.53. The molecule has 1 N–H and O–H groups in total. The van der Waals surface area contributed by atoms with E-state index in [9.17, 15) is 4.79 Å². The molecule has 1 heterocycles. The lowest BCUT2D eigenvalue weighted by Gasteiger charge is -2.15. The number of hydrogen-bond donors (Lipinski definition) is 1. The molecule has 9 heavy (non-hydrogen) atoms. The van der Waals surface area contributed by atoms with E-state index < -0.39 is 6.10 Å². The molecule has 1 aliphatic rings. The molecule has 0 bridgehead atoms. The summed E-state index contributed by atoms with van der Waals surface area (Å²) in [6.07, 6.45) is 0.705. The van der Waals surface area contributed by atoms with Gasteiger partial charge in [0.05, 0.1) is 0 Å². The van der Waals surface area contributed by atoms with E-state index in [0.29, 0.717) is 5.57 Å². The molecule has 0 aliphatic carbocycles. The molecule has 0 spiro atoms. The highest BCUT2D eigenvalue weighted by Crippen LogP contribution is 2.07. The molecule has 0 amide bonds. The second kappa shape index (κ2) is 2.19. The Bertz CT molecular complexity index is 160. The van der Waals surface area contributed by atoms with Crippen molar-refractivity contribution in [1.29, 1.82) is 0 Å². The topological polar surface area (TPSA) is 46.5 Å². The maximum absolute atomic E-state index is 10.4.